The molecule has 0 heterocycles. The molecule has 13 nitrogen and oxygen atoms in total. The highest BCUT2D eigenvalue weighted by atomic mass is 16.4. The molecule has 0 aromatic rings. The number of nitrogens with two attached hydrogens (primary N) is 2. The molecule has 0 aliphatic carbocycles. The van der Waals surface area contributed by atoms with Crippen LogP contribution in [0, 0.1) is 5.92 Å². The Bertz CT molecular complexity index is 640. The van der Waals surface area contributed by atoms with Crippen LogP contribution in [0.25, 0.3) is 0 Å². The number of rotatable bonds is 13. The molecule has 0 aromatic carbocycles. The number of carbonyl (C=O) groups excluding carboxylic acids is 4. The van der Waals surface area contributed by atoms with E-state index in [4.69, 9.17) is 21.7 Å². The third kappa shape index (κ3) is 9.62. The monoisotopic (exact) mass is 433 g/mol. The molecule has 0 radical (unpaired) electrons. The van der Waals surface area contributed by atoms with Crippen LogP contribution < -0.4 is 27.4 Å². The lowest BCUT2D eigenvalue weighted by Crippen LogP contribution is -2.59. The molecule has 0 aromatic heterocycles. The highest BCUT2D eigenvalue weighted by Crippen LogP contribution is 2.07. The van der Waals surface area contributed by atoms with Crippen LogP contribution in [-0.4, -0.2) is 81.8 Å². The molecular weight excluding hydrogens is 402 g/mol. The van der Waals surface area contributed by atoms with Crippen molar-refractivity contribution in [3.8, 4) is 0 Å². The number of carboxylic acids is 1. The fourth-order valence-corrected chi connectivity index (χ4v) is 2.33. The summed E-state index contributed by atoms with van der Waals surface area (Å²) in [5.41, 5.74) is 10.6. The largest absolute Gasteiger partial charge is 0.480 e. The fraction of sp³-hybridized carbons (Fsp3) is 0.706. The van der Waals surface area contributed by atoms with E-state index in [1.165, 1.54) is 6.92 Å². The molecule has 30 heavy (non-hydrogen) atoms. The molecule has 0 bridgehead atoms. The van der Waals surface area contributed by atoms with E-state index in [1.807, 2.05) is 0 Å². The summed E-state index contributed by atoms with van der Waals surface area (Å²) in [5, 5.41) is 34.0. The van der Waals surface area contributed by atoms with Gasteiger partial charge in [-0.2, -0.15) is 0 Å². The number of primary amides is 1. The van der Waals surface area contributed by atoms with Gasteiger partial charge in [-0.15, -0.1) is 0 Å². The molecule has 5 atom stereocenters. The minimum Gasteiger partial charge on any atom is -0.480 e. The van der Waals surface area contributed by atoms with Crippen molar-refractivity contribution in [2.75, 3.05) is 6.61 Å². The number of nitrogens with one attached hydrogen (secondary N) is 3. The highest BCUT2D eigenvalue weighted by molar-refractivity contribution is 5.96. The number of carboxylic acid groups (broad SMARTS) is 1. The first kappa shape index (κ1) is 27.2. The third-order valence-electron chi connectivity index (χ3n) is 4.00. The van der Waals surface area contributed by atoms with Crippen LogP contribution in [0.2, 0.25) is 0 Å². The summed E-state index contributed by atoms with van der Waals surface area (Å²) >= 11 is 0. The lowest BCUT2D eigenvalue weighted by Gasteiger charge is -2.25. The molecule has 0 aliphatic rings. The second kappa shape index (κ2) is 12.7. The van der Waals surface area contributed by atoms with Crippen LogP contribution in [0.4, 0.5) is 0 Å². The maximum absolute atomic E-state index is 12.6. The van der Waals surface area contributed by atoms with Gasteiger partial charge in [0.15, 0.2) is 0 Å². The molecule has 5 unspecified atom stereocenters. The Labute approximate surface area is 173 Å². The van der Waals surface area contributed by atoms with E-state index in [9.17, 15) is 29.1 Å². The van der Waals surface area contributed by atoms with E-state index in [1.54, 1.807) is 13.8 Å². The average Bonchev–Trinajstić information content (AvgIpc) is 2.62. The molecule has 0 spiro atoms. The summed E-state index contributed by atoms with van der Waals surface area (Å²) in [4.78, 5) is 59.4. The molecule has 4 amide bonds. The Hall–Kier alpha value is -2.77. The summed E-state index contributed by atoms with van der Waals surface area (Å²) in [5.74, 6) is -5.21. The Balaban J connectivity index is 5.45. The van der Waals surface area contributed by atoms with E-state index in [-0.39, 0.29) is 12.3 Å². The summed E-state index contributed by atoms with van der Waals surface area (Å²) < 4.78 is 0. The van der Waals surface area contributed by atoms with Gasteiger partial charge in [0, 0.05) is 0 Å². The van der Waals surface area contributed by atoms with Gasteiger partial charge in [-0.25, -0.2) is 4.79 Å². The van der Waals surface area contributed by atoms with Crippen LogP contribution in [0.15, 0.2) is 0 Å². The topological polar surface area (TPSA) is 234 Å². The molecule has 172 valence electrons. The number of carbonyl (C=O) groups is 5. The Morgan fingerprint density at radius 3 is 1.73 bits per heavy atom. The third-order valence-corrected chi connectivity index (χ3v) is 4.00. The standard InChI is InChI=1S/C17H31N5O8/c1-7(2)4-9(14(26)22-11(6-23)17(29)30)20-15(27)10(5-12(18)25)21-16(28)13(19)8(3)24/h7-11,13,23-24H,4-6,19H2,1-3H3,(H2,18,25)(H,20,27)(H,21,28)(H,22,26)(H,29,30). The van der Waals surface area contributed by atoms with E-state index in [2.05, 4.69) is 16.0 Å². The van der Waals surface area contributed by atoms with Crippen molar-refractivity contribution in [3.63, 3.8) is 0 Å². The molecule has 0 rings (SSSR count). The molecular formula is C17H31N5O8. The zero-order chi connectivity index (χ0) is 23.6. The van der Waals surface area contributed by atoms with Crippen molar-refractivity contribution < 1.29 is 39.3 Å². The number of hydrogen-bond donors (Lipinski definition) is 8. The zero-order valence-electron chi connectivity index (χ0n) is 17.1. The van der Waals surface area contributed by atoms with Gasteiger partial charge in [0.1, 0.15) is 24.2 Å². The van der Waals surface area contributed by atoms with Crippen LogP contribution in [0.5, 0.6) is 0 Å². The predicted molar refractivity (Wildman–Crippen MR) is 103 cm³/mol. The number of aliphatic hydroxyl groups excluding tert-OH is 2. The lowest BCUT2D eigenvalue weighted by atomic mass is 10.0. The predicted octanol–water partition coefficient (Wildman–Crippen LogP) is -3.85. The van der Waals surface area contributed by atoms with Crippen molar-refractivity contribution in [3.05, 3.63) is 0 Å². The summed E-state index contributed by atoms with van der Waals surface area (Å²) in [6, 6.07) is -5.64. The van der Waals surface area contributed by atoms with Gasteiger partial charge in [0.2, 0.25) is 23.6 Å². The molecule has 13 heteroatoms. The summed E-state index contributed by atoms with van der Waals surface area (Å²) in [6.45, 7) is 3.90. The summed E-state index contributed by atoms with van der Waals surface area (Å²) in [7, 11) is 0. The van der Waals surface area contributed by atoms with Crippen LogP contribution >= 0.6 is 0 Å². The van der Waals surface area contributed by atoms with Crippen LogP contribution in [0.3, 0.4) is 0 Å². The van der Waals surface area contributed by atoms with Gasteiger partial charge < -0.3 is 42.7 Å². The van der Waals surface area contributed by atoms with Gasteiger partial charge >= 0.3 is 5.97 Å². The van der Waals surface area contributed by atoms with Crippen molar-refractivity contribution in [1.82, 2.24) is 16.0 Å². The number of hydrogen-bond acceptors (Lipinski definition) is 8. The van der Waals surface area contributed by atoms with Crippen molar-refractivity contribution >= 4 is 29.6 Å². The van der Waals surface area contributed by atoms with Gasteiger partial charge in [0.05, 0.1) is 19.1 Å². The quantitative estimate of drug-likeness (QED) is 0.142. The SMILES string of the molecule is CC(C)CC(NC(=O)C(CC(N)=O)NC(=O)C(N)C(C)O)C(=O)NC(CO)C(=O)O. The minimum absolute atomic E-state index is 0.0970. The van der Waals surface area contributed by atoms with Gasteiger partial charge in [-0.3, -0.25) is 19.2 Å². The van der Waals surface area contributed by atoms with Crippen molar-refractivity contribution in [1.29, 1.82) is 0 Å². The second-order valence-corrected chi connectivity index (χ2v) is 7.27. The smallest absolute Gasteiger partial charge is 0.328 e. The van der Waals surface area contributed by atoms with E-state index in [0.717, 1.165) is 0 Å². The fourth-order valence-electron chi connectivity index (χ4n) is 2.33. The normalized spacial score (nSPS) is 16.0. The Morgan fingerprint density at radius 2 is 1.33 bits per heavy atom. The Morgan fingerprint density at radius 1 is 0.867 bits per heavy atom. The lowest BCUT2D eigenvalue weighted by molar-refractivity contribution is -0.143. The van der Waals surface area contributed by atoms with Gasteiger partial charge in [-0.05, 0) is 19.3 Å². The second-order valence-electron chi connectivity index (χ2n) is 7.27. The molecule has 10 N–H and O–H groups in total. The number of aliphatic carboxylic acids is 1. The van der Waals surface area contributed by atoms with Crippen molar-refractivity contribution in [2.24, 2.45) is 17.4 Å². The molecule has 0 saturated heterocycles. The molecule has 0 fully saturated rings. The first-order chi connectivity index (χ1) is 13.8. The van der Waals surface area contributed by atoms with E-state index >= 15 is 0 Å². The van der Waals surface area contributed by atoms with Crippen LogP contribution in [0.1, 0.15) is 33.6 Å². The maximum Gasteiger partial charge on any atom is 0.328 e. The average molecular weight is 433 g/mol. The maximum atomic E-state index is 12.6. The van der Waals surface area contributed by atoms with Crippen LogP contribution in [-0.2, 0) is 24.0 Å². The zero-order valence-corrected chi connectivity index (χ0v) is 17.1. The molecule has 0 saturated carbocycles. The van der Waals surface area contributed by atoms with Gasteiger partial charge in [-0.1, -0.05) is 13.8 Å². The Kier molecular flexibility index (Phi) is 11.5. The van der Waals surface area contributed by atoms with Gasteiger partial charge in [0.25, 0.3) is 0 Å². The van der Waals surface area contributed by atoms with Crippen molar-refractivity contribution in [2.45, 2.75) is 63.9 Å². The number of amides is 4. The van der Waals surface area contributed by atoms with E-state index in [0.29, 0.717) is 0 Å². The van der Waals surface area contributed by atoms with E-state index < -0.39 is 72.9 Å². The molecule has 0 aliphatic heterocycles. The summed E-state index contributed by atoms with van der Waals surface area (Å²) in [6.07, 6.45) is -1.73. The highest BCUT2D eigenvalue weighted by Gasteiger charge is 2.31. The first-order valence-electron chi connectivity index (χ1n) is 9.26. The number of aliphatic hydroxyl groups is 2. The minimum atomic E-state index is -1.57. The first-order valence-corrected chi connectivity index (χ1v) is 9.26.